The first-order valence-electron chi connectivity index (χ1n) is 6.70. The van der Waals surface area contributed by atoms with Gasteiger partial charge in [0, 0.05) is 18.0 Å². The molecule has 0 radical (unpaired) electrons. The predicted molar refractivity (Wildman–Crippen MR) is 77.0 cm³/mol. The summed E-state index contributed by atoms with van der Waals surface area (Å²) in [6, 6.07) is 8.02. The van der Waals surface area contributed by atoms with Gasteiger partial charge in [-0.3, -0.25) is 9.48 Å². The largest absolute Gasteiger partial charge is 0.480 e. The molecule has 0 aliphatic heterocycles. The highest BCUT2D eigenvalue weighted by Gasteiger charge is 2.18. The van der Waals surface area contributed by atoms with Crippen molar-refractivity contribution in [3.63, 3.8) is 0 Å². The SMILES string of the molecule is CCC(NC(=O)c1ccc(Cn2cccn2)cc1)C(=O)O. The molecular weight excluding hydrogens is 270 g/mol. The van der Waals surface area contributed by atoms with Crippen molar-refractivity contribution >= 4 is 11.9 Å². The van der Waals surface area contributed by atoms with E-state index < -0.39 is 12.0 Å². The summed E-state index contributed by atoms with van der Waals surface area (Å²) in [4.78, 5) is 22.9. The Morgan fingerprint density at radius 3 is 2.57 bits per heavy atom. The topological polar surface area (TPSA) is 84.2 Å². The molecule has 6 heteroatoms. The lowest BCUT2D eigenvalue weighted by Crippen LogP contribution is -2.40. The van der Waals surface area contributed by atoms with Crippen LogP contribution in [0.15, 0.2) is 42.7 Å². The molecule has 1 atom stereocenters. The van der Waals surface area contributed by atoms with Crippen LogP contribution >= 0.6 is 0 Å². The molecule has 21 heavy (non-hydrogen) atoms. The Hall–Kier alpha value is -2.63. The van der Waals surface area contributed by atoms with Gasteiger partial charge >= 0.3 is 5.97 Å². The first-order chi connectivity index (χ1) is 10.1. The molecule has 1 heterocycles. The number of hydrogen-bond acceptors (Lipinski definition) is 3. The zero-order valence-electron chi connectivity index (χ0n) is 11.7. The second kappa shape index (κ2) is 6.69. The van der Waals surface area contributed by atoms with Crippen LogP contribution in [0.25, 0.3) is 0 Å². The van der Waals surface area contributed by atoms with E-state index in [1.165, 1.54) is 0 Å². The number of rotatable bonds is 6. The maximum absolute atomic E-state index is 12.0. The third-order valence-electron chi connectivity index (χ3n) is 3.13. The van der Waals surface area contributed by atoms with E-state index in [1.807, 2.05) is 24.4 Å². The molecule has 2 rings (SSSR count). The Kier molecular flexibility index (Phi) is 4.71. The van der Waals surface area contributed by atoms with Crippen molar-refractivity contribution in [2.24, 2.45) is 0 Å². The lowest BCUT2D eigenvalue weighted by Gasteiger charge is -2.12. The number of carboxylic acids is 1. The smallest absolute Gasteiger partial charge is 0.326 e. The van der Waals surface area contributed by atoms with Crippen molar-refractivity contribution in [2.45, 2.75) is 25.9 Å². The zero-order valence-corrected chi connectivity index (χ0v) is 11.7. The zero-order chi connectivity index (χ0) is 15.2. The third-order valence-corrected chi connectivity index (χ3v) is 3.13. The van der Waals surface area contributed by atoms with Crippen LogP contribution in [0.5, 0.6) is 0 Å². The summed E-state index contributed by atoms with van der Waals surface area (Å²) in [5, 5.41) is 15.5. The Balaban J connectivity index is 2.01. The molecule has 1 amide bonds. The van der Waals surface area contributed by atoms with E-state index in [0.717, 1.165) is 5.56 Å². The standard InChI is InChI=1S/C15H17N3O3/c1-2-13(15(20)21)17-14(19)12-6-4-11(5-7-12)10-18-9-3-8-16-18/h3-9,13H,2,10H2,1H3,(H,17,19)(H,20,21). The van der Waals surface area contributed by atoms with Gasteiger partial charge in [-0.1, -0.05) is 19.1 Å². The second-order valence-electron chi connectivity index (χ2n) is 4.67. The minimum atomic E-state index is -1.03. The van der Waals surface area contributed by atoms with Gasteiger partial charge in [0.2, 0.25) is 0 Å². The fraction of sp³-hybridized carbons (Fsp3) is 0.267. The number of hydrogen-bond donors (Lipinski definition) is 2. The molecule has 1 unspecified atom stereocenters. The van der Waals surface area contributed by atoms with E-state index in [0.29, 0.717) is 18.5 Å². The van der Waals surface area contributed by atoms with Crippen LogP contribution in [0.1, 0.15) is 29.3 Å². The van der Waals surface area contributed by atoms with Gasteiger partial charge in [-0.15, -0.1) is 0 Å². The molecule has 0 aliphatic rings. The summed E-state index contributed by atoms with van der Waals surface area (Å²) >= 11 is 0. The Labute approximate surface area is 122 Å². The van der Waals surface area contributed by atoms with Gasteiger partial charge in [0.15, 0.2) is 0 Å². The van der Waals surface area contributed by atoms with Crippen LogP contribution in [-0.2, 0) is 11.3 Å². The Bertz CT molecular complexity index is 606. The number of amides is 1. The van der Waals surface area contributed by atoms with E-state index >= 15 is 0 Å². The van der Waals surface area contributed by atoms with Gasteiger partial charge < -0.3 is 10.4 Å². The molecule has 1 aromatic carbocycles. The van der Waals surface area contributed by atoms with Gasteiger partial charge in [-0.05, 0) is 30.2 Å². The Morgan fingerprint density at radius 1 is 1.33 bits per heavy atom. The van der Waals surface area contributed by atoms with Crippen molar-refractivity contribution in [3.05, 3.63) is 53.9 Å². The van der Waals surface area contributed by atoms with E-state index in [9.17, 15) is 9.59 Å². The second-order valence-corrected chi connectivity index (χ2v) is 4.67. The summed E-state index contributed by atoms with van der Waals surface area (Å²) in [6.07, 6.45) is 3.91. The molecule has 2 N–H and O–H groups in total. The van der Waals surface area contributed by atoms with Gasteiger partial charge in [0.05, 0.1) is 6.54 Å². The number of benzene rings is 1. The third kappa shape index (κ3) is 3.92. The van der Waals surface area contributed by atoms with Crippen LogP contribution in [-0.4, -0.2) is 32.8 Å². The average Bonchev–Trinajstić information content (AvgIpc) is 2.98. The number of nitrogens with one attached hydrogen (secondary N) is 1. The van der Waals surface area contributed by atoms with E-state index in [4.69, 9.17) is 5.11 Å². The Morgan fingerprint density at radius 2 is 2.05 bits per heavy atom. The molecule has 6 nitrogen and oxygen atoms in total. The predicted octanol–water partition coefficient (Wildman–Crippen LogP) is 1.52. The summed E-state index contributed by atoms with van der Waals surface area (Å²) in [5.74, 6) is -1.41. The number of carbonyl (C=O) groups excluding carboxylic acids is 1. The molecule has 0 aliphatic carbocycles. The van der Waals surface area contributed by atoms with E-state index in [-0.39, 0.29) is 5.91 Å². The fourth-order valence-corrected chi connectivity index (χ4v) is 1.92. The van der Waals surface area contributed by atoms with Crippen molar-refractivity contribution in [2.75, 3.05) is 0 Å². The first-order valence-corrected chi connectivity index (χ1v) is 6.70. The number of carboxylic acid groups (broad SMARTS) is 1. The minimum absolute atomic E-state index is 0.346. The quantitative estimate of drug-likeness (QED) is 0.843. The summed E-state index contributed by atoms with van der Waals surface area (Å²) in [5.41, 5.74) is 1.46. The molecule has 0 fully saturated rings. The molecule has 2 aromatic rings. The van der Waals surface area contributed by atoms with Crippen LogP contribution in [0.2, 0.25) is 0 Å². The number of aromatic nitrogens is 2. The van der Waals surface area contributed by atoms with E-state index in [1.54, 1.807) is 29.9 Å². The molecule has 110 valence electrons. The molecule has 1 aromatic heterocycles. The van der Waals surface area contributed by atoms with Crippen molar-refractivity contribution < 1.29 is 14.7 Å². The van der Waals surface area contributed by atoms with Crippen LogP contribution in [0.3, 0.4) is 0 Å². The first kappa shape index (κ1) is 14.8. The number of nitrogens with zero attached hydrogens (tertiary/aromatic N) is 2. The molecule has 0 saturated heterocycles. The van der Waals surface area contributed by atoms with Gasteiger partial charge in [0.25, 0.3) is 5.91 Å². The molecule has 0 bridgehead atoms. The van der Waals surface area contributed by atoms with Gasteiger partial charge in [0.1, 0.15) is 6.04 Å². The number of aliphatic carboxylic acids is 1. The normalized spacial score (nSPS) is 11.9. The highest BCUT2D eigenvalue weighted by atomic mass is 16.4. The summed E-state index contributed by atoms with van der Waals surface area (Å²) in [6.45, 7) is 2.34. The fourth-order valence-electron chi connectivity index (χ4n) is 1.92. The minimum Gasteiger partial charge on any atom is -0.480 e. The van der Waals surface area contributed by atoms with E-state index in [2.05, 4.69) is 10.4 Å². The van der Waals surface area contributed by atoms with Crippen LogP contribution in [0, 0.1) is 0 Å². The number of carbonyl (C=O) groups is 2. The van der Waals surface area contributed by atoms with Crippen molar-refractivity contribution in [3.8, 4) is 0 Å². The highest BCUT2D eigenvalue weighted by Crippen LogP contribution is 2.07. The maximum Gasteiger partial charge on any atom is 0.326 e. The summed E-state index contributed by atoms with van der Waals surface area (Å²) < 4.78 is 1.78. The van der Waals surface area contributed by atoms with Gasteiger partial charge in [-0.2, -0.15) is 5.10 Å². The monoisotopic (exact) mass is 287 g/mol. The average molecular weight is 287 g/mol. The summed E-state index contributed by atoms with van der Waals surface area (Å²) in [7, 11) is 0. The van der Waals surface area contributed by atoms with Gasteiger partial charge in [-0.25, -0.2) is 4.79 Å². The highest BCUT2D eigenvalue weighted by molar-refractivity contribution is 5.96. The molecular formula is C15H17N3O3. The van der Waals surface area contributed by atoms with Crippen molar-refractivity contribution in [1.82, 2.24) is 15.1 Å². The lowest BCUT2D eigenvalue weighted by molar-refractivity contribution is -0.139. The lowest BCUT2D eigenvalue weighted by atomic mass is 10.1. The van der Waals surface area contributed by atoms with Crippen molar-refractivity contribution in [1.29, 1.82) is 0 Å². The van der Waals surface area contributed by atoms with Crippen LogP contribution < -0.4 is 5.32 Å². The van der Waals surface area contributed by atoms with Crippen LogP contribution in [0.4, 0.5) is 0 Å². The molecule has 0 saturated carbocycles. The molecule has 0 spiro atoms. The maximum atomic E-state index is 12.0.